The number of urea groups is 1. The Labute approximate surface area is 211 Å². The summed E-state index contributed by atoms with van der Waals surface area (Å²) in [6.45, 7) is 5.15. The highest BCUT2D eigenvalue weighted by atomic mass is 32.2. The molecule has 3 aromatic rings. The minimum Gasteiger partial charge on any atom is -0.307 e. The van der Waals surface area contributed by atoms with E-state index in [2.05, 4.69) is 19.9 Å². The Hall–Kier alpha value is -2.79. The van der Waals surface area contributed by atoms with Crippen molar-refractivity contribution in [2.45, 2.75) is 30.4 Å². The van der Waals surface area contributed by atoms with Gasteiger partial charge in [-0.1, -0.05) is 53.8 Å². The van der Waals surface area contributed by atoms with Crippen LogP contribution in [0.5, 0.6) is 0 Å². The number of nitrogens with one attached hydrogen (secondary N) is 2. The number of carbonyl (C=O) groups excluding carboxylic acids is 1. The third kappa shape index (κ3) is 6.26. The molecule has 1 fully saturated rings. The van der Waals surface area contributed by atoms with E-state index >= 15 is 0 Å². The van der Waals surface area contributed by atoms with Crippen molar-refractivity contribution in [1.29, 1.82) is 0 Å². The Bertz CT molecular complexity index is 1240. The number of amides is 2. The van der Waals surface area contributed by atoms with Crippen LogP contribution in [0.25, 0.3) is 11.1 Å². The highest BCUT2D eigenvalue weighted by Gasteiger charge is 2.26. The van der Waals surface area contributed by atoms with Crippen LogP contribution in [0.1, 0.15) is 25.0 Å². The number of hydrogen-bond acceptors (Lipinski definition) is 6. The molecule has 0 radical (unpaired) electrons. The van der Waals surface area contributed by atoms with E-state index < -0.39 is 10.0 Å². The average molecular weight is 514 g/mol. The van der Waals surface area contributed by atoms with Crippen molar-refractivity contribution in [3.05, 3.63) is 60.3 Å². The first kappa shape index (κ1) is 25.3. The maximum atomic E-state index is 13.3. The number of thiazole rings is 1. The predicted octanol–water partition coefficient (Wildman–Crippen LogP) is 4.55. The number of hydrogen-bond donors (Lipinski definition) is 2. The van der Waals surface area contributed by atoms with E-state index in [0.29, 0.717) is 23.1 Å². The Kier molecular flexibility index (Phi) is 8.17. The number of benzene rings is 2. The Morgan fingerprint density at radius 3 is 2.37 bits per heavy atom. The Balaban J connectivity index is 1.52. The average Bonchev–Trinajstić information content (AvgIpc) is 3.53. The molecule has 8 nitrogen and oxygen atoms in total. The molecule has 2 heterocycles. The van der Waals surface area contributed by atoms with Gasteiger partial charge in [0, 0.05) is 12.2 Å². The van der Waals surface area contributed by atoms with Crippen molar-refractivity contribution in [3.63, 3.8) is 0 Å². The van der Waals surface area contributed by atoms with Crippen LogP contribution in [-0.2, 0) is 10.0 Å². The molecule has 2 amide bonds. The normalized spacial score (nSPS) is 14.2. The molecule has 1 aromatic heterocycles. The number of likely N-dealkylation sites (tertiary alicyclic amines) is 1. The zero-order valence-electron chi connectivity index (χ0n) is 20.0. The molecular formula is C25H31N5O3S2. The second-order valence-corrected chi connectivity index (χ2v) is 11.6. The second-order valence-electron chi connectivity index (χ2n) is 8.50. The van der Waals surface area contributed by atoms with Crippen LogP contribution < -0.4 is 14.9 Å². The van der Waals surface area contributed by atoms with Crippen LogP contribution in [0, 0.1) is 6.92 Å². The molecule has 0 unspecified atom stereocenters. The van der Waals surface area contributed by atoms with E-state index in [9.17, 15) is 13.2 Å². The van der Waals surface area contributed by atoms with Gasteiger partial charge in [-0.3, -0.25) is 4.90 Å². The molecule has 0 bridgehead atoms. The molecule has 10 heteroatoms. The zero-order valence-corrected chi connectivity index (χ0v) is 21.7. The van der Waals surface area contributed by atoms with Crippen LogP contribution in [0.3, 0.4) is 0 Å². The van der Waals surface area contributed by atoms with Gasteiger partial charge in [0.25, 0.3) is 10.0 Å². The number of aryl methyl sites for hydroxylation is 1. The summed E-state index contributed by atoms with van der Waals surface area (Å²) < 4.78 is 27.2. The molecular weight excluding hydrogens is 482 g/mol. The molecule has 2 aromatic carbocycles. The van der Waals surface area contributed by atoms with Gasteiger partial charge in [0.1, 0.15) is 0 Å². The van der Waals surface area contributed by atoms with Crippen LogP contribution in [0.4, 0.5) is 15.6 Å². The lowest BCUT2D eigenvalue weighted by molar-refractivity contribution is 0.256. The largest absolute Gasteiger partial charge is 0.328 e. The zero-order chi connectivity index (χ0) is 24.8. The quantitative estimate of drug-likeness (QED) is 0.438. The van der Waals surface area contributed by atoms with E-state index in [1.54, 1.807) is 11.8 Å². The topological polar surface area (TPSA) is 94.6 Å². The van der Waals surface area contributed by atoms with Gasteiger partial charge in [0.15, 0.2) is 9.34 Å². The predicted molar refractivity (Wildman–Crippen MR) is 142 cm³/mol. The lowest BCUT2D eigenvalue weighted by Gasteiger charge is -2.22. The maximum Gasteiger partial charge on any atom is 0.328 e. The molecule has 0 atom stereocenters. The summed E-state index contributed by atoms with van der Waals surface area (Å²) in [4.78, 5) is 21.7. The van der Waals surface area contributed by atoms with Crippen LogP contribution >= 0.6 is 11.3 Å². The summed E-state index contributed by atoms with van der Waals surface area (Å²) in [6.07, 6.45) is 3.19. The summed E-state index contributed by atoms with van der Waals surface area (Å²) >= 11 is 1.01. The SMILES string of the molecule is CNS(=O)(=O)c1sc(N(CCCN2CCCC2)C(=O)Nc2ccc(-c3ccccc3)cc2)nc1C. The lowest BCUT2D eigenvalue weighted by Crippen LogP contribution is -2.37. The molecule has 0 spiro atoms. The minimum atomic E-state index is -3.65. The summed E-state index contributed by atoms with van der Waals surface area (Å²) in [6, 6.07) is 17.4. The second kappa shape index (κ2) is 11.3. The minimum absolute atomic E-state index is 0.125. The summed E-state index contributed by atoms with van der Waals surface area (Å²) in [5.41, 5.74) is 3.20. The van der Waals surface area contributed by atoms with Crippen LogP contribution in [-0.4, -0.2) is 57.6 Å². The van der Waals surface area contributed by atoms with Gasteiger partial charge < -0.3 is 10.2 Å². The molecule has 1 aliphatic rings. The highest BCUT2D eigenvalue weighted by Crippen LogP contribution is 2.30. The van der Waals surface area contributed by atoms with Gasteiger partial charge in [-0.15, -0.1) is 0 Å². The van der Waals surface area contributed by atoms with Crippen molar-refractivity contribution in [3.8, 4) is 11.1 Å². The standard InChI is InChI=1S/C25H31N5O3S2/c1-19-23(35(32,33)26-2)34-25(27-19)30(18-8-17-29-15-6-7-16-29)24(31)28-22-13-11-21(12-14-22)20-9-4-3-5-10-20/h3-5,9-14,26H,6-8,15-18H2,1-2H3,(H,28,31). The van der Waals surface area contributed by atoms with Crippen molar-refractivity contribution in [2.24, 2.45) is 0 Å². The van der Waals surface area contributed by atoms with Gasteiger partial charge in [0.2, 0.25) is 0 Å². The third-order valence-corrected chi connectivity index (χ3v) is 9.23. The van der Waals surface area contributed by atoms with E-state index in [1.807, 2.05) is 54.6 Å². The highest BCUT2D eigenvalue weighted by molar-refractivity contribution is 7.91. The molecule has 0 aliphatic carbocycles. The van der Waals surface area contributed by atoms with E-state index in [-0.39, 0.29) is 10.2 Å². The Morgan fingerprint density at radius 1 is 1.06 bits per heavy atom. The number of aromatic nitrogens is 1. The summed E-state index contributed by atoms with van der Waals surface area (Å²) in [7, 11) is -2.28. The van der Waals surface area contributed by atoms with Crippen molar-refractivity contribution in [2.75, 3.05) is 43.4 Å². The Morgan fingerprint density at radius 2 is 1.71 bits per heavy atom. The van der Waals surface area contributed by atoms with Gasteiger partial charge in [-0.2, -0.15) is 0 Å². The van der Waals surface area contributed by atoms with Crippen LogP contribution in [0.2, 0.25) is 0 Å². The summed E-state index contributed by atoms with van der Waals surface area (Å²) in [5, 5.41) is 3.33. The van der Waals surface area contributed by atoms with E-state index in [4.69, 9.17) is 0 Å². The number of rotatable bonds is 9. The third-order valence-electron chi connectivity index (χ3n) is 6.03. The molecule has 2 N–H and O–H groups in total. The molecule has 35 heavy (non-hydrogen) atoms. The monoisotopic (exact) mass is 513 g/mol. The number of nitrogens with zero attached hydrogens (tertiary/aromatic N) is 3. The van der Waals surface area contributed by atoms with Gasteiger partial charge in [-0.25, -0.2) is 22.9 Å². The smallest absolute Gasteiger partial charge is 0.307 e. The van der Waals surface area contributed by atoms with E-state index in [0.717, 1.165) is 48.5 Å². The molecule has 1 saturated heterocycles. The van der Waals surface area contributed by atoms with Gasteiger partial charge in [-0.05, 0) is 76.1 Å². The first-order valence-corrected chi connectivity index (χ1v) is 14.0. The fourth-order valence-electron chi connectivity index (χ4n) is 4.14. The van der Waals surface area contributed by atoms with Gasteiger partial charge >= 0.3 is 6.03 Å². The number of carbonyl (C=O) groups is 1. The molecule has 0 saturated carbocycles. The molecule has 1 aliphatic heterocycles. The van der Waals surface area contributed by atoms with Crippen molar-refractivity contribution in [1.82, 2.24) is 14.6 Å². The first-order chi connectivity index (χ1) is 16.9. The molecule has 4 rings (SSSR count). The number of anilines is 2. The van der Waals surface area contributed by atoms with Crippen molar-refractivity contribution < 1.29 is 13.2 Å². The van der Waals surface area contributed by atoms with Crippen molar-refractivity contribution >= 4 is 38.2 Å². The maximum absolute atomic E-state index is 13.3. The lowest BCUT2D eigenvalue weighted by atomic mass is 10.1. The van der Waals surface area contributed by atoms with Crippen LogP contribution in [0.15, 0.2) is 58.8 Å². The fourth-order valence-corrected chi connectivity index (χ4v) is 6.49. The fraction of sp³-hybridized carbons (Fsp3) is 0.360. The van der Waals surface area contributed by atoms with Gasteiger partial charge in [0.05, 0.1) is 5.69 Å². The molecule has 186 valence electrons. The first-order valence-electron chi connectivity index (χ1n) is 11.7. The number of sulfonamides is 1. The summed E-state index contributed by atoms with van der Waals surface area (Å²) in [5.74, 6) is 0. The van der Waals surface area contributed by atoms with E-state index in [1.165, 1.54) is 19.9 Å².